The van der Waals surface area contributed by atoms with Gasteiger partial charge < -0.3 is 26.4 Å². The molecule has 1 aromatic heterocycles. The molecule has 3 amide bonds. The van der Waals surface area contributed by atoms with E-state index in [0.717, 1.165) is 27.8 Å². The smallest absolute Gasteiger partial charge is 0.251 e. The lowest BCUT2D eigenvalue weighted by molar-refractivity contribution is -0.130. The molecule has 44 heavy (non-hydrogen) atoms. The van der Waals surface area contributed by atoms with Crippen LogP contribution in [0.15, 0.2) is 97.3 Å². The highest BCUT2D eigenvalue weighted by atomic mass is 16.5. The van der Waals surface area contributed by atoms with Gasteiger partial charge in [-0.1, -0.05) is 54.6 Å². The van der Waals surface area contributed by atoms with E-state index in [0.29, 0.717) is 24.5 Å². The second kappa shape index (κ2) is 16.0. The Bertz CT molecular complexity index is 1530. The average molecular weight is 594 g/mol. The molecule has 0 radical (unpaired) electrons. The maximum atomic E-state index is 13.8. The molecule has 4 aromatic rings. The van der Waals surface area contributed by atoms with Crippen molar-refractivity contribution >= 4 is 17.7 Å². The first-order chi connectivity index (χ1) is 21.4. The van der Waals surface area contributed by atoms with Gasteiger partial charge >= 0.3 is 0 Å². The highest BCUT2D eigenvalue weighted by molar-refractivity contribution is 5.98. The number of nitrogens with one attached hydrogen (secondary N) is 3. The first-order valence-electron chi connectivity index (χ1n) is 14.7. The van der Waals surface area contributed by atoms with Crippen molar-refractivity contribution in [2.75, 3.05) is 6.61 Å². The number of rotatable bonds is 14. The standard InChI is InChI=1S/C35H39N5O4/c1-3-44-30-15-12-25(13-16-30)19-32(39-33(41)28-9-5-4-6-10-28)35(43)40-31(20-26-8-7-17-37-22-26)34(42)38-23-27-11-14-29(21-36)24(2)18-27/h4-18,22,31-32H,3,19-21,23,36H2,1-2H3,(H,38,42)(H,39,41)(H,40,43)/t31-,32+/m0/s1. The molecule has 0 bridgehead atoms. The van der Waals surface area contributed by atoms with E-state index in [-0.39, 0.29) is 31.2 Å². The van der Waals surface area contributed by atoms with Crippen LogP contribution < -0.4 is 26.4 Å². The Hall–Kier alpha value is -5.02. The van der Waals surface area contributed by atoms with E-state index < -0.39 is 18.0 Å². The summed E-state index contributed by atoms with van der Waals surface area (Å²) in [6.45, 7) is 5.15. The summed E-state index contributed by atoms with van der Waals surface area (Å²) >= 11 is 0. The predicted octanol–water partition coefficient (Wildman–Crippen LogP) is 3.63. The van der Waals surface area contributed by atoms with Gasteiger partial charge in [0, 0.05) is 43.9 Å². The van der Waals surface area contributed by atoms with E-state index in [4.69, 9.17) is 10.5 Å². The minimum Gasteiger partial charge on any atom is -0.494 e. The van der Waals surface area contributed by atoms with Gasteiger partial charge in [-0.15, -0.1) is 0 Å². The summed E-state index contributed by atoms with van der Waals surface area (Å²) in [5.74, 6) is -0.500. The SMILES string of the molecule is CCOc1ccc(C[C@@H](NC(=O)c2ccccc2)C(=O)N[C@@H](Cc2cccnc2)C(=O)NCc2ccc(CN)c(C)c2)cc1. The number of ether oxygens (including phenoxy) is 1. The highest BCUT2D eigenvalue weighted by Gasteiger charge is 2.28. The van der Waals surface area contributed by atoms with Crippen LogP contribution >= 0.6 is 0 Å². The summed E-state index contributed by atoms with van der Waals surface area (Å²) in [5, 5.41) is 8.73. The molecule has 0 aliphatic rings. The Morgan fingerprint density at radius 2 is 1.52 bits per heavy atom. The monoisotopic (exact) mass is 593 g/mol. The molecule has 0 aliphatic carbocycles. The van der Waals surface area contributed by atoms with Gasteiger partial charge in [0.2, 0.25) is 11.8 Å². The second-order valence-electron chi connectivity index (χ2n) is 10.5. The molecular formula is C35H39N5O4. The predicted molar refractivity (Wildman–Crippen MR) is 170 cm³/mol. The van der Waals surface area contributed by atoms with Crippen LogP contribution in [-0.4, -0.2) is 41.4 Å². The van der Waals surface area contributed by atoms with Crippen LogP contribution in [0.2, 0.25) is 0 Å². The number of benzene rings is 3. The number of hydrogen-bond donors (Lipinski definition) is 4. The molecule has 1 heterocycles. The first-order valence-corrected chi connectivity index (χ1v) is 14.7. The van der Waals surface area contributed by atoms with Crippen LogP contribution in [0.25, 0.3) is 0 Å². The third-order valence-electron chi connectivity index (χ3n) is 7.22. The molecule has 3 aromatic carbocycles. The van der Waals surface area contributed by atoms with E-state index >= 15 is 0 Å². The van der Waals surface area contributed by atoms with Crippen molar-refractivity contribution in [1.29, 1.82) is 0 Å². The van der Waals surface area contributed by atoms with Crippen molar-refractivity contribution in [2.45, 2.75) is 51.9 Å². The summed E-state index contributed by atoms with van der Waals surface area (Å²) < 4.78 is 5.54. The zero-order valence-corrected chi connectivity index (χ0v) is 25.1. The number of hydrogen-bond acceptors (Lipinski definition) is 6. The maximum absolute atomic E-state index is 13.8. The third kappa shape index (κ3) is 9.24. The number of nitrogens with two attached hydrogens (primary N) is 1. The average Bonchev–Trinajstić information content (AvgIpc) is 3.05. The lowest BCUT2D eigenvalue weighted by atomic mass is 10.0. The summed E-state index contributed by atoms with van der Waals surface area (Å²) in [6, 6.07) is 23.7. The van der Waals surface area contributed by atoms with Gasteiger partial charge in [0.05, 0.1) is 6.61 Å². The van der Waals surface area contributed by atoms with Crippen LogP contribution in [0.4, 0.5) is 0 Å². The van der Waals surface area contributed by atoms with E-state index in [2.05, 4.69) is 20.9 Å². The quantitative estimate of drug-likeness (QED) is 0.176. The molecule has 0 saturated heterocycles. The molecule has 9 heteroatoms. The number of amides is 3. The lowest BCUT2D eigenvalue weighted by Gasteiger charge is -2.24. The van der Waals surface area contributed by atoms with Crippen molar-refractivity contribution in [3.8, 4) is 5.75 Å². The number of carbonyl (C=O) groups is 3. The Morgan fingerprint density at radius 1 is 0.818 bits per heavy atom. The number of nitrogens with zero attached hydrogens (tertiary/aromatic N) is 1. The van der Waals surface area contributed by atoms with Gasteiger partial charge in [0.25, 0.3) is 5.91 Å². The Morgan fingerprint density at radius 3 is 2.18 bits per heavy atom. The lowest BCUT2D eigenvalue weighted by Crippen LogP contribution is -2.55. The molecule has 2 atom stereocenters. The van der Waals surface area contributed by atoms with Crippen LogP contribution in [0, 0.1) is 6.92 Å². The van der Waals surface area contributed by atoms with E-state index in [1.54, 1.807) is 42.7 Å². The van der Waals surface area contributed by atoms with Gasteiger partial charge in [0.15, 0.2) is 0 Å². The molecule has 4 rings (SSSR count). The van der Waals surface area contributed by atoms with Crippen LogP contribution in [0.1, 0.15) is 45.1 Å². The maximum Gasteiger partial charge on any atom is 0.251 e. The van der Waals surface area contributed by atoms with Crippen molar-refractivity contribution in [3.05, 3.63) is 131 Å². The molecule has 0 fully saturated rings. The molecular weight excluding hydrogens is 554 g/mol. The van der Waals surface area contributed by atoms with Crippen LogP contribution in [0.5, 0.6) is 5.75 Å². The van der Waals surface area contributed by atoms with Gasteiger partial charge in [0.1, 0.15) is 17.8 Å². The number of aryl methyl sites for hydroxylation is 1. The van der Waals surface area contributed by atoms with Crippen LogP contribution in [0.3, 0.4) is 0 Å². The van der Waals surface area contributed by atoms with Crippen molar-refractivity contribution in [3.63, 3.8) is 0 Å². The Balaban J connectivity index is 1.54. The van der Waals surface area contributed by atoms with Crippen molar-refractivity contribution < 1.29 is 19.1 Å². The van der Waals surface area contributed by atoms with Gasteiger partial charge in [-0.3, -0.25) is 19.4 Å². The summed E-state index contributed by atoms with van der Waals surface area (Å²) in [4.78, 5) is 44.6. The topological polar surface area (TPSA) is 135 Å². The molecule has 9 nitrogen and oxygen atoms in total. The fourth-order valence-corrected chi connectivity index (χ4v) is 4.81. The van der Waals surface area contributed by atoms with E-state index in [1.165, 1.54) is 0 Å². The number of carbonyl (C=O) groups excluding carboxylic acids is 3. The first kappa shape index (κ1) is 31.9. The van der Waals surface area contributed by atoms with Crippen molar-refractivity contribution in [1.82, 2.24) is 20.9 Å². The zero-order chi connectivity index (χ0) is 31.3. The molecule has 0 aliphatic heterocycles. The number of pyridine rings is 1. The summed E-state index contributed by atoms with van der Waals surface area (Å²) in [6.07, 6.45) is 3.75. The molecule has 0 unspecified atom stereocenters. The van der Waals surface area contributed by atoms with Gasteiger partial charge in [-0.05, 0) is 72.0 Å². The number of aromatic nitrogens is 1. The zero-order valence-electron chi connectivity index (χ0n) is 25.1. The normalized spacial score (nSPS) is 12.1. The van der Waals surface area contributed by atoms with Crippen LogP contribution in [-0.2, 0) is 35.5 Å². The molecule has 0 spiro atoms. The summed E-state index contributed by atoms with van der Waals surface area (Å²) in [7, 11) is 0. The second-order valence-corrected chi connectivity index (χ2v) is 10.5. The Kier molecular flexibility index (Phi) is 11.6. The molecule has 5 N–H and O–H groups in total. The Labute approximate surface area is 258 Å². The van der Waals surface area contributed by atoms with Gasteiger partial charge in [-0.25, -0.2) is 0 Å². The fraction of sp³-hybridized carbons (Fsp3) is 0.257. The van der Waals surface area contributed by atoms with Gasteiger partial charge in [-0.2, -0.15) is 0 Å². The fourth-order valence-electron chi connectivity index (χ4n) is 4.81. The minimum atomic E-state index is -0.948. The van der Waals surface area contributed by atoms with E-state index in [1.807, 2.05) is 68.4 Å². The van der Waals surface area contributed by atoms with Crippen molar-refractivity contribution in [2.24, 2.45) is 5.73 Å². The summed E-state index contributed by atoms with van der Waals surface area (Å²) in [5.41, 5.74) is 10.8. The largest absolute Gasteiger partial charge is 0.494 e. The van der Waals surface area contributed by atoms with E-state index in [9.17, 15) is 14.4 Å². The third-order valence-corrected chi connectivity index (χ3v) is 7.22. The molecule has 228 valence electrons. The molecule has 0 saturated carbocycles. The minimum absolute atomic E-state index is 0.213. The highest BCUT2D eigenvalue weighted by Crippen LogP contribution is 2.15.